The van der Waals surface area contributed by atoms with E-state index in [-0.39, 0.29) is 17.6 Å². The summed E-state index contributed by atoms with van der Waals surface area (Å²) in [6, 6.07) is 12.1. The molecule has 2 amide bonds. The smallest absolute Gasteiger partial charge is 0.369 e. The van der Waals surface area contributed by atoms with E-state index < -0.39 is 35.5 Å². The van der Waals surface area contributed by atoms with Gasteiger partial charge in [0, 0.05) is 85.5 Å². The maximum Gasteiger partial charge on any atom is 0.433 e. The van der Waals surface area contributed by atoms with Gasteiger partial charge in [0.2, 0.25) is 5.91 Å². The monoisotopic (exact) mass is 761 g/mol. The molecule has 1 aliphatic carbocycles. The Morgan fingerprint density at radius 3 is 2.45 bits per heavy atom. The van der Waals surface area contributed by atoms with Gasteiger partial charge in [-0.05, 0) is 68.0 Å². The number of fused-ring (bicyclic) bond motifs is 2. The van der Waals surface area contributed by atoms with Crippen molar-refractivity contribution in [2.75, 3.05) is 61.1 Å². The van der Waals surface area contributed by atoms with Crippen molar-refractivity contribution in [3.8, 4) is 0 Å². The SMILES string of the molecule is O=C1CCN(c2cncc3cc(N4CCN(C[C@H]5CC[C@H](n6cc7cc(NC(=O)c8cccc(C(F)(F)F)n8)c(C(F)F)cc7n6)CC5)CC4)ccc23)CN1. The summed E-state index contributed by atoms with van der Waals surface area (Å²) in [5.41, 5.74) is 0.0949. The molecule has 3 aromatic heterocycles. The van der Waals surface area contributed by atoms with Gasteiger partial charge in [0.25, 0.3) is 12.3 Å². The van der Waals surface area contributed by atoms with Crippen LogP contribution in [0.15, 0.2) is 67.1 Å². The normalized spacial score (nSPS) is 20.0. The van der Waals surface area contributed by atoms with Crippen LogP contribution in [0.2, 0.25) is 0 Å². The fraction of sp³-hybridized carbons (Fsp3) is 0.410. The maximum absolute atomic E-state index is 14.1. The lowest BCUT2D eigenvalue weighted by molar-refractivity contribution is -0.141. The molecule has 5 heterocycles. The predicted molar refractivity (Wildman–Crippen MR) is 198 cm³/mol. The van der Waals surface area contributed by atoms with Crippen LogP contribution in [0.3, 0.4) is 0 Å². The van der Waals surface area contributed by atoms with Crippen LogP contribution < -0.4 is 20.4 Å². The van der Waals surface area contributed by atoms with Gasteiger partial charge >= 0.3 is 6.18 Å². The molecular weight excluding hydrogens is 721 g/mol. The Morgan fingerprint density at radius 1 is 0.927 bits per heavy atom. The van der Waals surface area contributed by atoms with Gasteiger partial charge in [-0.15, -0.1) is 0 Å². The van der Waals surface area contributed by atoms with Gasteiger partial charge in [0.05, 0.1) is 35.8 Å². The van der Waals surface area contributed by atoms with Crippen molar-refractivity contribution in [3.05, 3.63) is 84.1 Å². The number of piperazine rings is 1. The summed E-state index contributed by atoms with van der Waals surface area (Å²) in [6.07, 6.45) is 2.10. The molecule has 0 atom stereocenters. The minimum atomic E-state index is -4.76. The number of anilines is 3. The third-order valence-electron chi connectivity index (χ3n) is 11.0. The van der Waals surface area contributed by atoms with Gasteiger partial charge in [-0.25, -0.2) is 13.8 Å². The molecule has 0 unspecified atom stereocenters. The van der Waals surface area contributed by atoms with Crippen molar-refractivity contribution < 1.29 is 31.5 Å². The lowest BCUT2D eigenvalue weighted by Gasteiger charge is -2.39. The van der Waals surface area contributed by atoms with Gasteiger partial charge in [-0.3, -0.25) is 24.2 Å². The van der Waals surface area contributed by atoms with Crippen LogP contribution in [0.1, 0.15) is 66.3 Å². The molecule has 8 rings (SSSR count). The Labute approximate surface area is 313 Å². The molecule has 0 spiro atoms. The van der Waals surface area contributed by atoms with E-state index in [1.165, 1.54) is 17.8 Å². The standard InChI is InChI=1S/C39H40F5N9O2/c40-37(41)30-18-32-26(17-33(30)48-38(55)31-2-1-3-35(47-31)39(42,43)44)22-53(49-32)27-6-4-24(5-7-27)21-50-12-14-51(15-13-50)28-8-9-29-25(16-28)19-45-20-34(29)52-11-10-36(54)46-23-52/h1-3,8-9,16-20,22,24,27,37H,4-7,10-15,21,23H2,(H,46,54)(H,48,55)/t24-,27-. The molecule has 3 fully saturated rings. The van der Waals surface area contributed by atoms with Crippen molar-refractivity contribution in [3.63, 3.8) is 0 Å². The number of benzene rings is 2. The second kappa shape index (κ2) is 15.0. The number of hydrogen-bond acceptors (Lipinski definition) is 8. The van der Waals surface area contributed by atoms with Gasteiger partial charge in [-0.1, -0.05) is 12.1 Å². The lowest BCUT2D eigenvalue weighted by atomic mass is 9.85. The van der Waals surface area contributed by atoms with Crippen LogP contribution in [0.25, 0.3) is 21.7 Å². The first-order chi connectivity index (χ1) is 26.5. The molecular formula is C39H40F5N9O2. The molecule has 55 heavy (non-hydrogen) atoms. The third kappa shape index (κ3) is 7.90. The first-order valence-electron chi connectivity index (χ1n) is 18.5. The van der Waals surface area contributed by atoms with Crippen LogP contribution >= 0.6 is 0 Å². The highest BCUT2D eigenvalue weighted by molar-refractivity contribution is 6.04. The number of carbonyl (C=O) groups is 2. The number of pyridine rings is 2. The summed E-state index contributed by atoms with van der Waals surface area (Å²) < 4.78 is 69.4. The predicted octanol–water partition coefficient (Wildman–Crippen LogP) is 7.03. The highest BCUT2D eigenvalue weighted by Crippen LogP contribution is 2.37. The molecule has 1 saturated carbocycles. The zero-order chi connectivity index (χ0) is 38.3. The second-order valence-corrected chi connectivity index (χ2v) is 14.6. The number of halogens is 5. The van der Waals surface area contributed by atoms with Gasteiger partial charge in [-0.2, -0.15) is 18.3 Å². The quantitative estimate of drug-likeness (QED) is 0.162. The van der Waals surface area contributed by atoms with Crippen LogP contribution in [-0.4, -0.2) is 82.4 Å². The third-order valence-corrected chi connectivity index (χ3v) is 11.0. The van der Waals surface area contributed by atoms with E-state index in [0.29, 0.717) is 36.5 Å². The summed E-state index contributed by atoms with van der Waals surface area (Å²) in [5.74, 6) is -0.415. The number of alkyl halides is 5. The number of hydrogen-bond donors (Lipinski definition) is 2. The maximum atomic E-state index is 14.1. The molecule has 16 heteroatoms. The molecule has 5 aromatic rings. The zero-order valence-corrected chi connectivity index (χ0v) is 29.9. The summed E-state index contributed by atoms with van der Waals surface area (Å²) in [7, 11) is 0. The molecule has 2 aliphatic heterocycles. The fourth-order valence-corrected chi connectivity index (χ4v) is 8.02. The van der Waals surface area contributed by atoms with Crippen LogP contribution in [0, 0.1) is 5.92 Å². The summed E-state index contributed by atoms with van der Waals surface area (Å²) in [4.78, 5) is 39.4. The van der Waals surface area contributed by atoms with E-state index in [1.807, 2.05) is 17.1 Å². The van der Waals surface area contributed by atoms with Gasteiger partial charge in [0.1, 0.15) is 11.4 Å². The highest BCUT2D eigenvalue weighted by Gasteiger charge is 2.33. The lowest BCUT2D eigenvalue weighted by Crippen LogP contribution is -2.48. The minimum Gasteiger partial charge on any atom is -0.369 e. The van der Waals surface area contributed by atoms with Gasteiger partial charge < -0.3 is 20.4 Å². The number of aromatic nitrogens is 4. The molecule has 2 aromatic carbocycles. The van der Waals surface area contributed by atoms with Crippen molar-refractivity contribution in [2.45, 2.75) is 50.7 Å². The van der Waals surface area contributed by atoms with E-state index >= 15 is 0 Å². The van der Waals surface area contributed by atoms with Crippen molar-refractivity contribution in [1.82, 2.24) is 30.0 Å². The summed E-state index contributed by atoms with van der Waals surface area (Å²) >= 11 is 0. The van der Waals surface area contributed by atoms with E-state index in [9.17, 15) is 31.5 Å². The van der Waals surface area contributed by atoms with Gasteiger partial charge in [0.15, 0.2) is 0 Å². The van der Waals surface area contributed by atoms with Crippen molar-refractivity contribution in [1.29, 1.82) is 0 Å². The van der Waals surface area contributed by atoms with E-state index in [1.54, 1.807) is 6.20 Å². The molecule has 288 valence electrons. The molecule has 3 aliphatic rings. The minimum absolute atomic E-state index is 0.0703. The van der Waals surface area contributed by atoms with E-state index in [0.717, 1.165) is 93.1 Å². The van der Waals surface area contributed by atoms with Crippen LogP contribution in [-0.2, 0) is 11.0 Å². The van der Waals surface area contributed by atoms with E-state index in [2.05, 4.69) is 58.6 Å². The average Bonchev–Trinajstić information content (AvgIpc) is 3.61. The molecule has 0 radical (unpaired) electrons. The number of carbonyl (C=O) groups excluding carboxylic acids is 2. The second-order valence-electron chi connectivity index (χ2n) is 14.6. The number of rotatable bonds is 8. The largest absolute Gasteiger partial charge is 0.433 e. The Kier molecular flexibility index (Phi) is 10.0. The zero-order valence-electron chi connectivity index (χ0n) is 29.9. The summed E-state index contributed by atoms with van der Waals surface area (Å²) in [5, 5.41) is 12.6. The topological polar surface area (TPSA) is 112 Å². The Morgan fingerprint density at radius 2 is 1.73 bits per heavy atom. The van der Waals surface area contributed by atoms with E-state index in [4.69, 9.17) is 0 Å². The molecule has 2 saturated heterocycles. The first-order valence-corrected chi connectivity index (χ1v) is 18.5. The van der Waals surface area contributed by atoms with Crippen LogP contribution in [0.4, 0.5) is 39.0 Å². The Balaban J connectivity index is 0.857. The van der Waals surface area contributed by atoms with Crippen molar-refractivity contribution in [2.24, 2.45) is 5.92 Å². The first kappa shape index (κ1) is 36.6. The number of nitrogens with zero attached hydrogens (tertiary/aromatic N) is 7. The highest BCUT2D eigenvalue weighted by atomic mass is 19.4. The summed E-state index contributed by atoms with van der Waals surface area (Å²) in [6.45, 7) is 5.93. The number of nitrogens with one attached hydrogen (secondary N) is 2. The van der Waals surface area contributed by atoms with Crippen LogP contribution in [0.5, 0.6) is 0 Å². The number of amides is 2. The van der Waals surface area contributed by atoms with Crippen molar-refractivity contribution >= 4 is 50.6 Å². The molecule has 0 bridgehead atoms. The Hall–Kier alpha value is -5.38. The molecule has 2 N–H and O–H groups in total. The average molecular weight is 762 g/mol. The molecule has 11 nitrogen and oxygen atoms in total. The fourth-order valence-electron chi connectivity index (χ4n) is 8.02. The Bertz CT molecular complexity index is 2200.